The lowest BCUT2D eigenvalue weighted by Gasteiger charge is -2.23. The molecule has 4 heteroatoms. The number of carbonyl (C=O) groups is 1. The van der Waals surface area contributed by atoms with Gasteiger partial charge in [-0.3, -0.25) is 9.78 Å². The molecule has 1 aromatic heterocycles. The molecule has 0 saturated carbocycles. The quantitative estimate of drug-likeness (QED) is 0.849. The Morgan fingerprint density at radius 3 is 3.00 bits per heavy atom. The summed E-state index contributed by atoms with van der Waals surface area (Å²) in [7, 11) is 0. The largest absolute Gasteiger partial charge is 0.352 e. The molecule has 1 aliphatic heterocycles. The van der Waals surface area contributed by atoms with E-state index in [4.69, 9.17) is 0 Å². The topological polar surface area (TPSA) is 54.0 Å². The van der Waals surface area contributed by atoms with Gasteiger partial charge in [-0.1, -0.05) is 0 Å². The first-order valence-corrected chi connectivity index (χ1v) is 6.60. The molecule has 2 rings (SSSR count). The first kappa shape index (κ1) is 13.0. The van der Waals surface area contributed by atoms with Gasteiger partial charge in [0.25, 0.3) is 5.91 Å². The Hall–Kier alpha value is -1.42. The molecule has 0 aromatic carbocycles. The van der Waals surface area contributed by atoms with Crippen LogP contribution in [0.3, 0.4) is 0 Å². The summed E-state index contributed by atoms with van der Waals surface area (Å²) in [6.07, 6.45) is 2.39. The number of aryl methyl sites for hydroxylation is 2. The SMILES string of the molecule is Cc1ccc(C(=O)NCC2CCCNC2)c(C)n1. The maximum absolute atomic E-state index is 12.0. The van der Waals surface area contributed by atoms with Gasteiger partial charge < -0.3 is 10.6 Å². The number of rotatable bonds is 3. The number of hydrogen-bond donors (Lipinski definition) is 2. The van der Waals surface area contributed by atoms with E-state index in [0.717, 1.165) is 31.0 Å². The van der Waals surface area contributed by atoms with Crippen molar-refractivity contribution in [2.45, 2.75) is 26.7 Å². The van der Waals surface area contributed by atoms with Gasteiger partial charge >= 0.3 is 0 Å². The second-order valence-corrected chi connectivity index (χ2v) is 5.01. The van der Waals surface area contributed by atoms with Crippen molar-refractivity contribution < 1.29 is 4.79 Å². The Morgan fingerprint density at radius 1 is 1.50 bits per heavy atom. The van der Waals surface area contributed by atoms with Crippen molar-refractivity contribution in [1.29, 1.82) is 0 Å². The molecule has 0 bridgehead atoms. The first-order valence-electron chi connectivity index (χ1n) is 6.60. The van der Waals surface area contributed by atoms with E-state index < -0.39 is 0 Å². The molecule has 2 N–H and O–H groups in total. The fraction of sp³-hybridized carbons (Fsp3) is 0.571. The van der Waals surface area contributed by atoms with Gasteiger partial charge in [-0.2, -0.15) is 0 Å². The van der Waals surface area contributed by atoms with Crippen LogP contribution in [0, 0.1) is 19.8 Å². The molecule has 1 saturated heterocycles. The summed E-state index contributed by atoms with van der Waals surface area (Å²) in [6.45, 7) is 6.67. The molecular weight excluding hydrogens is 226 g/mol. The molecule has 1 unspecified atom stereocenters. The lowest BCUT2D eigenvalue weighted by Crippen LogP contribution is -2.38. The van der Waals surface area contributed by atoms with E-state index in [1.807, 2.05) is 26.0 Å². The number of hydrogen-bond acceptors (Lipinski definition) is 3. The Kier molecular flexibility index (Phi) is 4.31. The lowest BCUT2D eigenvalue weighted by molar-refractivity contribution is 0.0944. The van der Waals surface area contributed by atoms with Gasteiger partial charge in [0.15, 0.2) is 0 Å². The number of nitrogens with zero attached hydrogens (tertiary/aromatic N) is 1. The van der Waals surface area contributed by atoms with E-state index in [2.05, 4.69) is 15.6 Å². The zero-order valence-corrected chi connectivity index (χ0v) is 11.1. The van der Waals surface area contributed by atoms with Crippen molar-refractivity contribution in [1.82, 2.24) is 15.6 Å². The number of pyridine rings is 1. The normalized spacial score (nSPS) is 19.6. The summed E-state index contributed by atoms with van der Waals surface area (Å²) in [5, 5.41) is 6.36. The van der Waals surface area contributed by atoms with Gasteiger partial charge in [-0.05, 0) is 57.8 Å². The van der Waals surface area contributed by atoms with Crippen molar-refractivity contribution in [3.05, 3.63) is 29.1 Å². The van der Waals surface area contributed by atoms with Gasteiger partial charge in [-0.25, -0.2) is 0 Å². The highest BCUT2D eigenvalue weighted by Crippen LogP contribution is 2.10. The molecule has 0 spiro atoms. The molecule has 4 nitrogen and oxygen atoms in total. The van der Waals surface area contributed by atoms with Gasteiger partial charge in [0.1, 0.15) is 0 Å². The first-order chi connectivity index (χ1) is 8.66. The molecule has 0 aliphatic carbocycles. The van der Waals surface area contributed by atoms with Crippen LogP contribution >= 0.6 is 0 Å². The zero-order chi connectivity index (χ0) is 13.0. The number of piperidine rings is 1. The number of aromatic nitrogens is 1. The third kappa shape index (κ3) is 3.29. The minimum atomic E-state index is -0.00873. The molecule has 98 valence electrons. The third-order valence-corrected chi connectivity index (χ3v) is 3.42. The van der Waals surface area contributed by atoms with Crippen LogP contribution in [0.4, 0.5) is 0 Å². The maximum Gasteiger partial charge on any atom is 0.253 e. The summed E-state index contributed by atoms with van der Waals surface area (Å²) >= 11 is 0. The monoisotopic (exact) mass is 247 g/mol. The van der Waals surface area contributed by atoms with Crippen LogP contribution in [0.1, 0.15) is 34.6 Å². The molecular formula is C14H21N3O. The smallest absolute Gasteiger partial charge is 0.253 e. The highest BCUT2D eigenvalue weighted by molar-refractivity contribution is 5.95. The highest BCUT2D eigenvalue weighted by atomic mass is 16.1. The fourth-order valence-corrected chi connectivity index (χ4v) is 2.36. The van der Waals surface area contributed by atoms with E-state index in [-0.39, 0.29) is 5.91 Å². The summed E-state index contributed by atoms with van der Waals surface area (Å²) in [6, 6.07) is 3.73. The fourth-order valence-electron chi connectivity index (χ4n) is 2.36. The van der Waals surface area contributed by atoms with E-state index >= 15 is 0 Å². The second kappa shape index (κ2) is 5.96. The van der Waals surface area contributed by atoms with Crippen molar-refractivity contribution in [2.75, 3.05) is 19.6 Å². The van der Waals surface area contributed by atoms with Gasteiger partial charge in [-0.15, -0.1) is 0 Å². The van der Waals surface area contributed by atoms with Crippen molar-refractivity contribution in [2.24, 2.45) is 5.92 Å². The molecule has 0 radical (unpaired) electrons. The minimum Gasteiger partial charge on any atom is -0.352 e. The Labute approximate surface area is 108 Å². The van der Waals surface area contributed by atoms with Crippen LogP contribution in [0.15, 0.2) is 12.1 Å². The molecule has 1 aromatic rings. The standard InChI is InChI=1S/C14H21N3O/c1-10-5-6-13(11(2)17-10)14(18)16-9-12-4-3-7-15-8-12/h5-6,12,15H,3-4,7-9H2,1-2H3,(H,16,18). The summed E-state index contributed by atoms with van der Waals surface area (Å²) in [4.78, 5) is 16.4. The average molecular weight is 247 g/mol. The van der Waals surface area contributed by atoms with Crippen LogP contribution in [0.25, 0.3) is 0 Å². The summed E-state index contributed by atoms with van der Waals surface area (Å²) < 4.78 is 0. The number of nitrogens with one attached hydrogen (secondary N) is 2. The van der Waals surface area contributed by atoms with E-state index in [1.54, 1.807) is 0 Å². The molecule has 1 amide bonds. The zero-order valence-electron chi connectivity index (χ0n) is 11.1. The molecule has 1 fully saturated rings. The van der Waals surface area contributed by atoms with Crippen LogP contribution in [-0.4, -0.2) is 30.5 Å². The van der Waals surface area contributed by atoms with Crippen LogP contribution in [0.2, 0.25) is 0 Å². The van der Waals surface area contributed by atoms with Gasteiger partial charge in [0, 0.05) is 12.2 Å². The summed E-state index contributed by atoms with van der Waals surface area (Å²) in [5.41, 5.74) is 2.43. The second-order valence-electron chi connectivity index (χ2n) is 5.01. The average Bonchev–Trinajstić information content (AvgIpc) is 2.37. The van der Waals surface area contributed by atoms with E-state index in [9.17, 15) is 4.79 Å². The number of amides is 1. The molecule has 18 heavy (non-hydrogen) atoms. The van der Waals surface area contributed by atoms with Crippen molar-refractivity contribution in [3.8, 4) is 0 Å². The van der Waals surface area contributed by atoms with E-state index in [1.165, 1.54) is 12.8 Å². The van der Waals surface area contributed by atoms with E-state index in [0.29, 0.717) is 11.5 Å². The molecule has 2 heterocycles. The summed E-state index contributed by atoms with van der Waals surface area (Å²) in [5.74, 6) is 0.548. The number of carbonyl (C=O) groups excluding carboxylic acids is 1. The Bertz CT molecular complexity index is 425. The van der Waals surface area contributed by atoms with Crippen molar-refractivity contribution in [3.63, 3.8) is 0 Å². The predicted molar refractivity (Wildman–Crippen MR) is 71.6 cm³/mol. The Balaban J connectivity index is 1.90. The van der Waals surface area contributed by atoms with Crippen LogP contribution in [-0.2, 0) is 0 Å². The van der Waals surface area contributed by atoms with Crippen LogP contribution in [0.5, 0.6) is 0 Å². The van der Waals surface area contributed by atoms with Gasteiger partial charge in [0.2, 0.25) is 0 Å². The minimum absolute atomic E-state index is 0.00873. The lowest BCUT2D eigenvalue weighted by atomic mass is 9.99. The molecule has 1 atom stereocenters. The Morgan fingerprint density at radius 2 is 2.33 bits per heavy atom. The third-order valence-electron chi connectivity index (χ3n) is 3.42. The van der Waals surface area contributed by atoms with Gasteiger partial charge in [0.05, 0.1) is 11.3 Å². The molecule has 1 aliphatic rings. The van der Waals surface area contributed by atoms with Crippen molar-refractivity contribution >= 4 is 5.91 Å². The predicted octanol–water partition coefficient (Wildman–Crippen LogP) is 1.43. The maximum atomic E-state index is 12.0. The van der Waals surface area contributed by atoms with Crippen LogP contribution < -0.4 is 10.6 Å². The highest BCUT2D eigenvalue weighted by Gasteiger charge is 2.15.